The fourth-order valence-corrected chi connectivity index (χ4v) is 1.32. The lowest BCUT2D eigenvalue weighted by molar-refractivity contribution is -0.155. The molecule has 1 rings (SSSR count). The molecule has 1 aliphatic heterocycles. The first-order chi connectivity index (χ1) is 5.74. The highest BCUT2D eigenvalue weighted by Crippen LogP contribution is 2.21. The monoisotopic (exact) mass is 174 g/mol. The van der Waals surface area contributed by atoms with Crippen molar-refractivity contribution < 1.29 is 19.0 Å². The lowest BCUT2D eigenvalue weighted by Crippen LogP contribution is -2.30. The standard InChI is InChI=1S/C8H14O4/c1-4-5-6(9)7(10-2)8(11-3)12-5/h5,7-8H,4H2,1-3H3/t5-,7?,8+/m1/s1. The topological polar surface area (TPSA) is 44.8 Å². The zero-order chi connectivity index (χ0) is 9.14. The second kappa shape index (κ2) is 3.98. The van der Waals surface area contributed by atoms with Crippen LogP contribution < -0.4 is 0 Å². The summed E-state index contributed by atoms with van der Waals surface area (Å²) in [5.41, 5.74) is 0. The average molecular weight is 174 g/mol. The lowest BCUT2D eigenvalue weighted by atomic mass is 10.1. The van der Waals surface area contributed by atoms with Crippen LogP contribution in [0.2, 0.25) is 0 Å². The summed E-state index contributed by atoms with van der Waals surface area (Å²) in [7, 11) is 2.98. The number of methoxy groups -OCH3 is 2. The van der Waals surface area contributed by atoms with Crippen LogP contribution in [0.15, 0.2) is 0 Å². The van der Waals surface area contributed by atoms with Crippen LogP contribution in [0.4, 0.5) is 0 Å². The maximum Gasteiger partial charge on any atom is 0.195 e. The minimum Gasteiger partial charge on any atom is -0.368 e. The van der Waals surface area contributed by atoms with E-state index < -0.39 is 12.4 Å². The summed E-state index contributed by atoms with van der Waals surface area (Å²) >= 11 is 0. The summed E-state index contributed by atoms with van der Waals surface area (Å²) < 4.78 is 15.2. The number of ether oxygens (including phenoxy) is 3. The maximum absolute atomic E-state index is 11.4. The molecular formula is C8H14O4. The van der Waals surface area contributed by atoms with Crippen LogP contribution in [0, 0.1) is 0 Å². The van der Waals surface area contributed by atoms with Crippen molar-refractivity contribution in [2.24, 2.45) is 0 Å². The molecule has 1 heterocycles. The Bertz CT molecular complexity index is 168. The molecule has 12 heavy (non-hydrogen) atoms. The Labute approximate surface area is 71.8 Å². The number of hydrogen-bond acceptors (Lipinski definition) is 4. The van der Waals surface area contributed by atoms with Crippen LogP contribution in [0.1, 0.15) is 13.3 Å². The molecule has 1 aliphatic rings. The van der Waals surface area contributed by atoms with Gasteiger partial charge in [-0.25, -0.2) is 0 Å². The molecule has 3 atom stereocenters. The van der Waals surface area contributed by atoms with E-state index in [1.54, 1.807) is 0 Å². The van der Waals surface area contributed by atoms with E-state index >= 15 is 0 Å². The Balaban J connectivity index is 2.65. The highest BCUT2D eigenvalue weighted by Gasteiger charge is 2.42. The zero-order valence-electron chi connectivity index (χ0n) is 7.57. The molecule has 4 nitrogen and oxygen atoms in total. The number of carbonyl (C=O) groups excluding carboxylic acids is 1. The molecule has 0 amide bonds. The summed E-state index contributed by atoms with van der Waals surface area (Å²) in [6.07, 6.45) is -0.786. The number of hydrogen-bond donors (Lipinski definition) is 0. The number of carbonyl (C=O) groups is 1. The zero-order valence-corrected chi connectivity index (χ0v) is 7.57. The van der Waals surface area contributed by atoms with Gasteiger partial charge in [-0.2, -0.15) is 0 Å². The fraction of sp³-hybridized carbons (Fsp3) is 0.875. The minimum atomic E-state index is -0.556. The van der Waals surface area contributed by atoms with E-state index in [0.717, 1.165) is 0 Å². The Hall–Kier alpha value is -0.450. The van der Waals surface area contributed by atoms with E-state index in [0.29, 0.717) is 6.42 Å². The SMILES string of the molecule is CC[C@H]1O[C@H](OC)C(OC)C1=O. The largest absolute Gasteiger partial charge is 0.368 e. The van der Waals surface area contributed by atoms with Crippen LogP contribution in [0.25, 0.3) is 0 Å². The van der Waals surface area contributed by atoms with Gasteiger partial charge in [-0.1, -0.05) is 6.92 Å². The van der Waals surface area contributed by atoms with Gasteiger partial charge in [0.1, 0.15) is 6.10 Å². The lowest BCUT2D eigenvalue weighted by Gasteiger charge is -2.12. The van der Waals surface area contributed by atoms with Crippen molar-refractivity contribution in [1.29, 1.82) is 0 Å². The Morgan fingerprint density at radius 2 is 2.08 bits per heavy atom. The van der Waals surface area contributed by atoms with E-state index in [9.17, 15) is 4.79 Å². The first-order valence-corrected chi connectivity index (χ1v) is 3.99. The molecule has 0 aromatic heterocycles. The minimum absolute atomic E-state index is 0.0214. The molecule has 0 N–H and O–H groups in total. The van der Waals surface area contributed by atoms with E-state index in [-0.39, 0.29) is 11.9 Å². The van der Waals surface area contributed by atoms with E-state index in [1.807, 2.05) is 6.92 Å². The first-order valence-electron chi connectivity index (χ1n) is 3.99. The van der Waals surface area contributed by atoms with Crippen molar-refractivity contribution in [3.63, 3.8) is 0 Å². The predicted molar refractivity (Wildman–Crippen MR) is 41.8 cm³/mol. The van der Waals surface area contributed by atoms with Crippen molar-refractivity contribution in [3.8, 4) is 0 Å². The normalized spacial score (nSPS) is 35.9. The molecule has 1 fully saturated rings. The van der Waals surface area contributed by atoms with Gasteiger partial charge in [0.25, 0.3) is 0 Å². The van der Waals surface area contributed by atoms with Crippen LogP contribution in [0.5, 0.6) is 0 Å². The van der Waals surface area contributed by atoms with Gasteiger partial charge in [-0.3, -0.25) is 4.79 Å². The van der Waals surface area contributed by atoms with Crippen LogP contribution >= 0.6 is 0 Å². The summed E-state index contributed by atoms with van der Waals surface area (Å²) in [4.78, 5) is 11.4. The average Bonchev–Trinajstić information content (AvgIpc) is 2.41. The molecule has 0 bridgehead atoms. The fourth-order valence-electron chi connectivity index (χ4n) is 1.32. The Morgan fingerprint density at radius 3 is 2.42 bits per heavy atom. The van der Waals surface area contributed by atoms with Gasteiger partial charge in [0.2, 0.25) is 0 Å². The molecule has 1 unspecified atom stereocenters. The molecule has 0 spiro atoms. The highest BCUT2D eigenvalue weighted by atomic mass is 16.7. The molecule has 0 aromatic rings. The van der Waals surface area contributed by atoms with Gasteiger partial charge in [0.15, 0.2) is 18.2 Å². The molecule has 0 radical (unpaired) electrons. The number of Topliss-reactive ketones (excluding diaryl/α,β-unsaturated/α-hetero) is 1. The predicted octanol–water partition coefficient (Wildman–Crippen LogP) is 0.352. The van der Waals surface area contributed by atoms with Crippen molar-refractivity contribution in [3.05, 3.63) is 0 Å². The molecule has 0 aliphatic carbocycles. The highest BCUT2D eigenvalue weighted by molar-refractivity contribution is 5.89. The summed E-state index contributed by atoms with van der Waals surface area (Å²) in [5.74, 6) is -0.0214. The third-order valence-corrected chi connectivity index (χ3v) is 2.00. The molecular weight excluding hydrogens is 160 g/mol. The molecule has 0 saturated carbocycles. The van der Waals surface area contributed by atoms with Gasteiger partial charge >= 0.3 is 0 Å². The smallest absolute Gasteiger partial charge is 0.195 e. The summed E-state index contributed by atoms with van der Waals surface area (Å²) in [5, 5.41) is 0. The van der Waals surface area contributed by atoms with Gasteiger partial charge in [0.05, 0.1) is 0 Å². The van der Waals surface area contributed by atoms with Crippen molar-refractivity contribution in [1.82, 2.24) is 0 Å². The first kappa shape index (κ1) is 9.64. The maximum atomic E-state index is 11.4. The number of ketones is 1. The second-order valence-corrected chi connectivity index (χ2v) is 2.70. The van der Waals surface area contributed by atoms with Crippen molar-refractivity contribution in [2.45, 2.75) is 31.8 Å². The summed E-state index contributed by atoms with van der Waals surface area (Å²) in [6, 6.07) is 0. The van der Waals surface area contributed by atoms with Gasteiger partial charge in [-0.05, 0) is 6.42 Å². The molecule has 70 valence electrons. The van der Waals surface area contributed by atoms with E-state index in [2.05, 4.69) is 0 Å². The Morgan fingerprint density at radius 1 is 1.42 bits per heavy atom. The number of rotatable bonds is 3. The van der Waals surface area contributed by atoms with Crippen LogP contribution in [0.3, 0.4) is 0 Å². The third-order valence-electron chi connectivity index (χ3n) is 2.00. The quantitative estimate of drug-likeness (QED) is 0.619. The molecule has 4 heteroatoms. The molecule has 1 saturated heterocycles. The van der Waals surface area contributed by atoms with Crippen molar-refractivity contribution in [2.75, 3.05) is 14.2 Å². The second-order valence-electron chi connectivity index (χ2n) is 2.70. The van der Waals surface area contributed by atoms with Crippen LogP contribution in [-0.4, -0.2) is 38.5 Å². The van der Waals surface area contributed by atoms with E-state index in [4.69, 9.17) is 14.2 Å². The third kappa shape index (κ3) is 1.50. The van der Waals surface area contributed by atoms with Gasteiger partial charge < -0.3 is 14.2 Å². The summed E-state index contributed by atoms with van der Waals surface area (Å²) in [6.45, 7) is 1.90. The van der Waals surface area contributed by atoms with E-state index in [1.165, 1.54) is 14.2 Å². The van der Waals surface area contributed by atoms with Gasteiger partial charge in [-0.15, -0.1) is 0 Å². The Kier molecular flexibility index (Phi) is 3.20. The molecule has 0 aromatic carbocycles. The van der Waals surface area contributed by atoms with Crippen LogP contribution in [-0.2, 0) is 19.0 Å². The van der Waals surface area contributed by atoms with Gasteiger partial charge in [0, 0.05) is 14.2 Å². The van der Waals surface area contributed by atoms with Crippen molar-refractivity contribution >= 4 is 5.78 Å².